The molecule has 0 aliphatic carbocycles. The quantitative estimate of drug-likeness (QED) is 0.628. The summed E-state index contributed by atoms with van der Waals surface area (Å²) in [4.78, 5) is 8.32. The molecule has 3 N–H and O–H groups in total. The first kappa shape index (κ1) is 20.8. The van der Waals surface area contributed by atoms with E-state index in [1.54, 1.807) is 6.07 Å². The minimum Gasteiger partial charge on any atom is -0.477 e. The van der Waals surface area contributed by atoms with Crippen LogP contribution in [0.4, 0.5) is 11.6 Å². The first-order valence-corrected chi connectivity index (χ1v) is 10.2. The third-order valence-corrected chi connectivity index (χ3v) is 4.57. The standard InChI is InChI=1S/C18H26N4O4S/c1-12(2)10-25-16-9-17(26-11-13(3)4)21-18(20-16)22-27(23,24)15-7-5-14(19)6-8-15/h5-9,12-13H,10-11,19H2,1-4H3,(H,20,21,22). The van der Waals surface area contributed by atoms with Crippen molar-refractivity contribution in [3.63, 3.8) is 0 Å². The molecule has 0 saturated heterocycles. The van der Waals surface area contributed by atoms with Crippen LogP contribution in [0.15, 0.2) is 35.2 Å². The average molecular weight is 394 g/mol. The zero-order valence-corrected chi connectivity index (χ0v) is 16.8. The van der Waals surface area contributed by atoms with Gasteiger partial charge in [0.05, 0.1) is 24.2 Å². The van der Waals surface area contributed by atoms with Crippen LogP contribution < -0.4 is 19.9 Å². The van der Waals surface area contributed by atoms with Gasteiger partial charge in [0, 0.05) is 5.69 Å². The minimum absolute atomic E-state index is 0.0541. The second-order valence-electron chi connectivity index (χ2n) is 6.95. The number of aromatic nitrogens is 2. The smallest absolute Gasteiger partial charge is 0.264 e. The maximum absolute atomic E-state index is 12.6. The Balaban J connectivity index is 2.28. The molecule has 0 bridgehead atoms. The fourth-order valence-corrected chi connectivity index (χ4v) is 2.87. The fraction of sp³-hybridized carbons (Fsp3) is 0.444. The SMILES string of the molecule is CC(C)COc1cc(OCC(C)C)nc(NS(=O)(=O)c2ccc(N)cc2)n1. The summed E-state index contributed by atoms with van der Waals surface area (Å²) in [6.07, 6.45) is 0. The number of hydrogen-bond acceptors (Lipinski definition) is 7. The van der Waals surface area contributed by atoms with Gasteiger partial charge >= 0.3 is 0 Å². The highest BCUT2D eigenvalue weighted by Crippen LogP contribution is 2.22. The number of nitrogens with one attached hydrogen (secondary N) is 1. The predicted molar refractivity (Wildman–Crippen MR) is 104 cm³/mol. The average Bonchev–Trinajstić information content (AvgIpc) is 2.58. The van der Waals surface area contributed by atoms with Gasteiger partial charge in [-0.25, -0.2) is 13.1 Å². The number of nitrogens with two attached hydrogens (primary N) is 1. The second-order valence-corrected chi connectivity index (χ2v) is 8.63. The molecule has 9 heteroatoms. The zero-order valence-electron chi connectivity index (χ0n) is 16.0. The van der Waals surface area contributed by atoms with Crippen molar-refractivity contribution in [2.75, 3.05) is 23.7 Å². The Kier molecular flexibility index (Phi) is 6.84. The van der Waals surface area contributed by atoms with Gasteiger partial charge in [0.25, 0.3) is 10.0 Å². The molecular formula is C18H26N4O4S. The van der Waals surface area contributed by atoms with Crippen molar-refractivity contribution in [1.29, 1.82) is 0 Å². The predicted octanol–water partition coefficient (Wildman–Crippen LogP) is 2.93. The normalized spacial score (nSPS) is 11.6. The van der Waals surface area contributed by atoms with Crippen LogP contribution in [0.1, 0.15) is 27.7 Å². The van der Waals surface area contributed by atoms with Gasteiger partial charge in [0.15, 0.2) is 0 Å². The monoisotopic (exact) mass is 394 g/mol. The second kappa shape index (κ2) is 8.90. The maximum Gasteiger partial charge on any atom is 0.264 e. The van der Waals surface area contributed by atoms with Crippen LogP contribution in [0.3, 0.4) is 0 Å². The summed E-state index contributed by atoms with van der Waals surface area (Å²) in [6.45, 7) is 8.88. The molecule has 1 aromatic carbocycles. The van der Waals surface area contributed by atoms with Gasteiger partial charge in [-0.15, -0.1) is 0 Å². The van der Waals surface area contributed by atoms with Gasteiger partial charge < -0.3 is 15.2 Å². The van der Waals surface area contributed by atoms with E-state index < -0.39 is 10.0 Å². The van der Waals surface area contributed by atoms with Gasteiger partial charge in [-0.3, -0.25) is 0 Å². The van der Waals surface area contributed by atoms with E-state index in [0.717, 1.165) is 0 Å². The van der Waals surface area contributed by atoms with Gasteiger partial charge in [0.2, 0.25) is 17.7 Å². The fourth-order valence-electron chi connectivity index (χ4n) is 1.93. The minimum atomic E-state index is -3.87. The lowest BCUT2D eigenvalue weighted by atomic mass is 10.2. The molecule has 148 valence electrons. The van der Waals surface area contributed by atoms with Crippen LogP contribution >= 0.6 is 0 Å². The molecule has 8 nitrogen and oxygen atoms in total. The third-order valence-electron chi connectivity index (χ3n) is 3.22. The van der Waals surface area contributed by atoms with Crippen LogP contribution in [-0.2, 0) is 10.0 Å². The van der Waals surface area contributed by atoms with E-state index in [1.165, 1.54) is 24.3 Å². The molecular weight excluding hydrogens is 368 g/mol. The molecule has 0 spiro atoms. The zero-order chi connectivity index (χ0) is 20.0. The Morgan fingerprint density at radius 1 is 0.963 bits per heavy atom. The molecule has 0 unspecified atom stereocenters. The molecule has 27 heavy (non-hydrogen) atoms. The number of nitrogens with zero attached hydrogens (tertiary/aromatic N) is 2. The van der Waals surface area contributed by atoms with Crippen molar-refractivity contribution in [2.45, 2.75) is 32.6 Å². The molecule has 0 aliphatic rings. The van der Waals surface area contributed by atoms with Crippen molar-refractivity contribution in [2.24, 2.45) is 11.8 Å². The molecule has 0 fully saturated rings. The van der Waals surface area contributed by atoms with E-state index >= 15 is 0 Å². The molecule has 0 amide bonds. The van der Waals surface area contributed by atoms with E-state index in [2.05, 4.69) is 14.7 Å². The van der Waals surface area contributed by atoms with Crippen molar-refractivity contribution in [3.05, 3.63) is 30.3 Å². The Labute approximate surface area is 160 Å². The molecule has 0 radical (unpaired) electrons. The highest BCUT2D eigenvalue weighted by atomic mass is 32.2. The Morgan fingerprint density at radius 2 is 1.44 bits per heavy atom. The van der Waals surface area contributed by atoms with Gasteiger partial charge in [0.1, 0.15) is 0 Å². The number of rotatable bonds is 9. The molecule has 2 aromatic rings. The number of sulfonamides is 1. The van der Waals surface area contributed by atoms with Crippen LogP contribution in [0.2, 0.25) is 0 Å². The summed E-state index contributed by atoms with van der Waals surface area (Å²) in [5.74, 6) is 0.941. The topological polar surface area (TPSA) is 116 Å². The Morgan fingerprint density at radius 3 is 1.89 bits per heavy atom. The largest absolute Gasteiger partial charge is 0.477 e. The van der Waals surface area contributed by atoms with E-state index in [9.17, 15) is 8.42 Å². The lowest BCUT2D eigenvalue weighted by molar-refractivity contribution is 0.245. The number of benzene rings is 1. The third kappa shape index (κ3) is 6.59. The van der Waals surface area contributed by atoms with Gasteiger partial charge in [-0.05, 0) is 36.1 Å². The highest BCUT2D eigenvalue weighted by Gasteiger charge is 2.17. The van der Waals surface area contributed by atoms with Crippen LogP contribution in [0.5, 0.6) is 11.8 Å². The lowest BCUT2D eigenvalue weighted by Crippen LogP contribution is -2.16. The van der Waals surface area contributed by atoms with Crippen LogP contribution in [0, 0.1) is 11.8 Å². The summed E-state index contributed by atoms with van der Waals surface area (Å²) in [7, 11) is -3.87. The van der Waals surface area contributed by atoms with Gasteiger partial charge in [-0.1, -0.05) is 27.7 Å². The highest BCUT2D eigenvalue weighted by molar-refractivity contribution is 7.92. The van der Waals surface area contributed by atoms with Crippen molar-refractivity contribution >= 4 is 21.7 Å². The summed E-state index contributed by atoms with van der Waals surface area (Å²) in [5.41, 5.74) is 6.08. The number of anilines is 2. The van der Waals surface area contributed by atoms with Crippen molar-refractivity contribution in [3.8, 4) is 11.8 Å². The molecule has 1 heterocycles. The number of ether oxygens (including phenoxy) is 2. The van der Waals surface area contributed by atoms with Gasteiger partial charge in [-0.2, -0.15) is 9.97 Å². The summed E-state index contributed by atoms with van der Waals surface area (Å²) in [6, 6.07) is 7.38. The Bertz CT molecular complexity index is 822. The molecule has 0 saturated carbocycles. The Hall–Kier alpha value is -2.55. The van der Waals surface area contributed by atoms with E-state index in [4.69, 9.17) is 15.2 Å². The number of nitrogen functional groups attached to an aromatic ring is 1. The van der Waals surface area contributed by atoms with Crippen molar-refractivity contribution < 1.29 is 17.9 Å². The lowest BCUT2D eigenvalue weighted by Gasteiger charge is -2.13. The molecule has 0 atom stereocenters. The summed E-state index contributed by atoms with van der Waals surface area (Å²) < 4.78 is 38.7. The number of hydrogen-bond donors (Lipinski definition) is 2. The van der Waals surface area contributed by atoms with E-state index in [-0.39, 0.29) is 34.4 Å². The van der Waals surface area contributed by atoms with E-state index in [1.807, 2.05) is 27.7 Å². The van der Waals surface area contributed by atoms with E-state index in [0.29, 0.717) is 18.9 Å². The van der Waals surface area contributed by atoms with Crippen LogP contribution in [0.25, 0.3) is 0 Å². The summed E-state index contributed by atoms with van der Waals surface area (Å²) in [5, 5.41) is 0. The molecule has 0 aliphatic heterocycles. The first-order chi connectivity index (χ1) is 12.7. The molecule has 2 rings (SSSR count). The maximum atomic E-state index is 12.6. The summed E-state index contributed by atoms with van der Waals surface area (Å²) >= 11 is 0. The van der Waals surface area contributed by atoms with Crippen LogP contribution in [-0.4, -0.2) is 31.6 Å². The first-order valence-electron chi connectivity index (χ1n) is 8.68. The van der Waals surface area contributed by atoms with Crippen molar-refractivity contribution in [1.82, 2.24) is 9.97 Å². The molecule has 1 aromatic heterocycles.